The molecule has 0 saturated carbocycles. The molecule has 1 N–H and O–H groups in total. The first-order chi connectivity index (χ1) is 27.4. The lowest BCUT2D eigenvalue weighted by Crippen LogP contribution is -2.52. The number of benzene rings is 2. The van der Waals surface area contributed by atoms with Crippen molar-refractivity contribution in [3.05, 3.63) is 71.8 Å². The van der Waals surface area contributed by atoms with Gasteiger partial charge in [-0.05, 0) is 59.1 Å². The van der Waals surface area contributed by atoms with E-state index in [-0.39, 0.29) is 65.8 Å². The third-order valence-electron chi connectivity index (χ3n) is 10.1. The maximum absolute atomic E-state index is 12.5. The number of fused-ring (bicyclic) bond motifs is 2. The molecule has 4 aliphatic rings. The third kappa shape index (κ3) is 12.0. The molecular weight excluding hydrogens is 781 g/mol. The standard InChI is InChI=1S/C22H32N2O4S.C21H30N2O5S/c1-7-16-14(2)18(26-13-15-11-9-8-10-12-15)17-19(27-16)29-20(23-17)24(6)21(25)28-22(3,4)5;1-13-15(11-24)27-18-16(17(13)26-12-14-9-7-6-8-10-14)22-19(29-18)23(5)20(25)28-21(2,3)4/h8-12,14,16-19H,7,13H2,1-6H3;6-10,13,15-18,24H,11-12H2,1-5H3/t14-,16-,17-,18+,19-;13-,15-,16-,17+,18-/m11/s1. The maximum Gasteiger partial charge on any atom is 0.416 e. The van der Waals surface area contributed by atoms with Gasteiger partial charge < -0.3 is 33.5 Å². The Balaban J connectivity index is 0.000000221. The monoisotopic (exact) mass is 842 g/mol. The Hall–Kier alpha value is -3.18. The molecule has 4 aliphatic heterocycles. The van der Waals surface area contributed by atoms with Crippen molar-refractivity contribution >= 4 is 46.0 Å². The highest BCUT2D eigenvalue weighted by Gasteiger charge is 2.50. The molecule has 6 rings (SSSR count). The van der Waals surface area contributed by atoms with Gasteiger partial charge in [0.1, 0.15) is 34.2 Å². The van der Waals surface area contributed by atoms with Crippen molar-refractivity contribution in [3.63, 3.8) is 0 Å². The Kier molecular flexibility index (Phi) is 15.8. The fourth-order valence-corrected chi connectivity index (χ4v) is 9.31. The predicted octanol–water partition coefficient (Wildman–Crippen LogP) is 7.94. The highest BCUT2D eigenvalue weighted by molar-refractivity contribution is 8.14. The number of thioether (sulfide) groups is 2. The van der Waals surface area contributed by atoms with Crippen LogP contribution in [0.15, 0.2) is 70.6 Å². The number of nitrogens with zero attached hydrogens (tertiary/aromatic N) is 4. The minimum absolute atomic E-state index is 0.0412. The van der Waals surface area contributed by atoms with Crippen molar-refractivity contribution in [2.75, 3.05) is 20.7 Å². The number of aliphatic imine (C=N–C) groups is 2. The molecule has 0 aromatic heterocycles. The molecular formula is C43H62N4O9S2. The number of carbonyl (C=O) groups excluding carboxylic acids is 2. The number of aliphatic hydroxyl groups is 1. The maximum atomic E-state index is 12.5. The van der Waals surface area contributed by atoms with E-state index in [4.69, 9.17) is 38.4 Å². The molecule has 2 amide bonds. The number of carbonyl (C=O) groups is 2. The zero-order valence-corrected chi connectivity index (χ0v) is 37.3. The zero-order chi connectivity index (χ0) is 42.4. The van der Waals surface area contributed by atoms with E-state index in [1.54, 1.807) is 14.1 Å². The Bertz CT molecular complexity index is 1600. The molecule has 320 valence electrons. The first-order valence-electron chi connectivity index (χ1n) is 20.0. The molecule has 2 fully saturated rings. The predicted molar refractivity (Wildman–Crippen MR) is 229 cm³/mol. The molecule has 0 aliphatic carbocycles. The molecule has 0 spiro atoms. The molecule has 2 aromatic carbocycles. The van der Waals surface area contributed by atoms with Crippen molar-refractivity contribution in [1.29, 1.82) is 0 Å². The van der Waals surface area contributed by atoms with Gasteiger partial charge in [0.15, 0.2) is 10.3 Å². The lowest BCUT2D eigenvalue weighted by atomic mass is 9.88. The summed E-state index contributed by atoms with van der Waals surface area (Å²) in [5.41, 5.74) is 0.596. The molecule has 0 radical (unpaired) electrons. The van der Waals surface area contributed by atoms with Gasteiger partial charge in [-0.25, -0.2) is 9.59 Å². The smallest absolute Gasteiger partial charge is 0.416 e. The minimum atomic E-state index is -0.587. The topological polar surface area (TPSA) is 141 Å². The number of hydrogen-bond donors (Lipinski definition) is 1. The molecule has 0 bridgehead atoms. The van der Waals surface area contributed by atoms with Crippen molar-refractivity contribution in [2.45, 2.75) is 141 Å². The van der Waals surface area contributed by atoms with Crippen LogP contribution in [0.4, 0.5) is 9.59 Å². The van der Waals surface area contributed by atoms with Crippen LogP contribution in [-0.2, 0) is 41.6 Å². The number of amidine groups is 2. The summed E-state index contributed by atoms with van der Waals surface area (Å²) in [7, 11) is 3.34. The summed E-state index contributed by atoms with van der Waals surface area (Å²) in [6, 6.07) is 19.7. The molecule has 15 heteroatoms. The summed E-state index contributed by atoms with van der Waals surface area (Å²) in [6.07, 6.45) is -0.510. The van der Waals surface area contributed by atoms with Gasteiger partial charge in [0, 0.05) is 25.9 Å². The average molecular weight is 843 g/mol. The van der Waals surface area contributed by atoms with Gasteiger partial charge in [-0.1, -0.05) is 105 Å². The Morgan fingerprint density at radius 3 is 1.43 bits per heavy atom. The van der Waals surface area contributed by atoms with Crippen LogP contribution < -0.4 is 0 Å². The van der Waals surface area contributed by atoms with Crippen LogP contribution in [0, 0.1) is 11.8 Å². The third-order valence-corrected chi connectivity index (χ3v) is 12.5. The van der Waals surface area contributed by atoms with Crippen LogP contribution in [0.25, 0.3) is 0 Å². The van der Waals surface area contributed by atoms with Gasteiger partial charge in [0.05, 0.1) is 44.2 Å². The van der Waals surface area contributed by atoms with Crippen molar-refractivity contribution in [2.24, 2.45) is 21.8 Å². The lowest BCUT2D eigenvalue weighted by Gasteiger charge is -2.41. The van der Waals surface area contributed by atoms with Crippen LogP contribution >= 0.6 is 23.5 Å². The number of ether oxygens (including phenoxy) is 6. The van der Waals surface area contributed by atoms with Crippen LogP contribution in [0.2, 0.25) is 0 Å². The first-order valence-corrected chi connectivity index (χ1v) is 21.8. The second-order valence-corrected chi connectivity index (χ2v) is 19.2. The van der Waals surface area contributed by atoms with Gasteiger partial charge in [0.2, 0.25) is 0 Å². The fourth-order valence-electron chi connectivity index (χ4n) is 6.96. The van der Waals surface area contributed by atoms with Gasteiger partial charge in [0.25, 0.3) is 0 Å². The van der Waals surface area contributed by atoms with Crippen LogP contribution in [0.3, 0.4) is 0 Å². The summed E-state index contributed by atoms with van der Waals surface area (Å²) >= 11 is 2.84. The SMILES string of the molecule is CC[C@H]1O[C@@H]2SC(N(C)C(=O)OC(C)(C)C)=N[C@@H]2[C@@H](OCc2ccccc2)[C@@H]1C.C[C@H]1[C@H](OCc2ccccc2)[C@H]2N=C(N(C)C(=O)OC(C)(C)C)S[C@H]2O[C@@H]1CO. The van der Waals surface area contributed by atoms with E-state index >= 15 is 0 Å². The normalized spacial score (nSPS) is 29.2. The van der Waals surface area contributed by atoms with E-state index in [9.17, 15) is 14.7 Å². The van der Waals surface area contributed by atoms with Crippen LogP contribution in [-0.4, -0.2) is 117 Å². The van der Waals surface area contributed by atoms with Crippen LogP contribution in [0.5, 0.6) is 0 Å². The van der Waals surface area contributed by atoms with E-state index in [1.807, 2.05) is 97.0 Å². The molecule has 0 unspecified atom stereocenters. The Morgan fingerprint density at radius 1 is 0.690 bits per heavy atom. The minimum Gasteiger partial charge on any atom is -0.443 e. The van der Waals surface area contributed by atoms with E-state index in [0.717, 1.165) is 17.5 Å². The quantitative estimate of drug-likeness (QED) is 0.277. The van der Waals surface area contributed by atoms with Gasteiger partial charge in [-0.15, -0.1) is 0 Å². The largest absolute Gasteiger partial charge is 0.443 e. The van der Waals surface area contributed by atoms with E-state index < -0.39 is 23.4 Å². The van der Waals surface area contributed by atoms with Gasteiger partial charge in [-0.2, -0.15) is 0 Å². The fraction of sp³-hybridized carbons (Fsp3) is 0.628. The molecule has 13 nitrogen and oxygen atoms in total. The second-order valence-electron chi connectivity index (χ2n) is 17.0. The van der Waals surface area contributed by atoms with Crippen molar-refractivity contribution in [1.82, 2.24) is 9.80 Å². The molecule has 58 heavy (non-hydrogen) atoms. The van der Waals surface area contributed by atoms with Crippen molar-refractivity contribution < 1.29 is 43.1 Å². The summed E-state index contributed by atoms with van der Waals surface area (Å²) in [5, 5.41) is 10.9. The van der Waals surface area contributed by atoms with Gasteiger partial charge >= 0.3 is 12.2 Å². The van der Waals surface area contributed by atoms with Crippen LogP contribution in [0.1, 0.15) is 79.9 Å². The summed E-state index contributed by atoms with van der Waals surface area (Å²) in [4.78, 5) is 37.3. The van der Waals surface area contributed by atoms with Gasteiger partial charge in [-0.3, -0.25) is 19.8 Å². The summed E-state index contributed by atoms with van der Waals surface area (Å²) in [6.45, 7) is 18.2. The molecule has 2 aromatic rings. The highest BCUT2D eigenvalue weighted by Crippen LogP contribution is 2.43. The number of rotatable bonds is 8. The van der Waals surface area contributed by atoms with E-state index in [1.165, 1.54) is 33.3 Å². The first kappa shape index (κ1) is 45.9. The average Bonchev–Trinajstić information content (AvgIpc) is 3.80. The highest BCUT2D eigenvalue weighted by atomic mass is 32.2. The van der Waals surface area contributed by atoms with E-state index in [0.29, 0.717) is 23.5 Å². The number of amides is 2. The van der Waals surface area contributed by atoms with Crippen molar-refractivity contribution in [3.8, 4) is 0 Å². The second kappa shape index (κ2) is 19.9. The lowest BCUT2D eigenvalue weighted by molar-refractivity contribution is -0.148. The number of hydrogen-bond acceptors (Lipinski definition) is 13. The molecule has 2 saturated heterocycles. The number of aliphatic hydroxyl groups excluding tert-OH is 1. The summed E-state index contributed by atoms with van der Waals surface area (Å²) in [5.74, 6) is 0.168. The van der Waals surface area contributed by atoms with E-state index in [2.05, 4.69) is 26.0 Å². The summed E-state index contributed by atoms with van der Waals surface area (Å²) < 4.78 is 35.9. The Morgan fingerprint density at radius 2 is 1.07 bits per heavy atom. The molecule has 10 atom stereocenters. The Labute approximate surface area is 352 Å². The molecule has 4 heterocycles. The zero-order valence-electron chi connectivity index (χ0n) is 35.7.